The summed E-state index contributed by atoms with van der Waals surface area (Å²) in [5, 5.41) is 14.8. The minimum Gasteiger partial charge on any atom is -0.271 e. The number of nitrogens with one attached hydrogen (secondary N) is 1. The van der Waals surface area contributed by atoms with E-state index in [2.05, 4.69) is 26.5 Å². The van der Waals surface area contributed by atoms with E-state index in [0.717, 1.165) is 15.0 Å². The first-order valence-electron chi connectivity index (χ1n) is 9.18. The normalized spacial score (nSPS) is 11.3. The number of anilines is 1. The zero-order valence-corrected chi connectivity index (χ0v) is 18.9. The van der Waals surface area contributed by atoms with Gasteiger partial charge in [0, 0.05) is 10.5 Å². The summed E-state index contributed by atoms with van der Waals surface area (Å²) in [7, 11) is -4.04. The number of carbonyl (C=O) groups excluding carboxylic acids is 1. The second kappa shape index (κ2) is 10.2. The molecule has 0 unspecified atom stereocenters. The third kappa shape index (κ3) is 5.56. The first-order valence-corrected chi connectivity index (χ1v) is 11.4. The van der Waals surface area contributed by atoms with E-state index in [1.165, 1.54) is 30.3 Å². The van der Waals surface area contributed by atoms with Crippen LogP contribution in [0.15, 0.2) is 93.3 Å². The van der Waals surface area contributed by atoms with Crippen LogP contribution in [0.4, 0.5) is 11.4 Å². The Morgan fingerprint density at radius 3 is 2.31 bits per heavy atom. The summed E-state index contributed by atoms with van der Waals surface area (Å²) in [6.45, 7) is -0.549. The van der Waals surface area contributed by atoms with Crippen LogP contribution in [0.5, 0.6) is 0 Å². The Labute approximate surface area is 192 Å². The minimum absolute atomic E-state index is 0.0270. The highest BCUT2D eigenvalue weighted by molar-refractivity contribution is 9.10. The van der Waals surface area contributed by atoms with Crippen LogP contribution in [0.25, 0.3) is 0 Å². The largest absolute Gasteiger partial charge is 0.278 e. The van der Waals surface area contributed by atoms with E-state index in [4.69, 9.17) is 0 Å². The molecule has 0 radical (unpaired) electrons. The smallest absolute Gasteiger partial charge is 0.271 e. The molecule has 3 aromatic rings. The minimum atomic E-state index is -4.04. The van der Waals surface area contributed by atoms with Crippen molar-refractivity contribution in [3.8, 4) is 0 Å². The van der Waals surface area contributed by atoms with Gasteiger partial charge in [0.15, 0.2) is 0 Å². The second-order valence-electron chi connectivity index (χ2n) is 6.41. The number of carbonyl (C=O) groups is 1. The molecule has 32 heavy (non-hydrogen) atoms. The predicted molar refractivity (Wildman–Crippen MR) is 124 cm³/mol. The van der Waals surface area contributed by atoms with Crippen LogP contribution >= 0.6 is 15.9 Å². The standard InChI is InChI=1S/C21H17BrN4O5S/c22-17-10-12-18(13-11-17)25(32(30,31)19-7-2-1-3-8-19)15-21(27)24-23-14-16-6-4-5-9-20(16)26(28)29/h1-14H,15H2,(H,24,27)/b23-14-. The van der Waals surface area contributed by atoms with E-state index in [0.29, 0.717) is 0 Å². The van der Waals surface area contributed by atoms with Crippen molar-refractivity contribution in [1.82, 2.24) is 5.43 Å². The van der Waals surface area contributed by atoms with Gasteiger partial charge in [-0.15, -0.1) is 0 Å². The molecule has 0 heterocycles. The maximum atomic E-state index is 13.2. The molecule has 0 saturated carbocycles. The molecule has 0 fully saturated rings. The SMILES string of the molecule is O=C(CN(c1ccc(Br)cc1)S(=O)(=O)c1ccccc1)N/N=C\c1ccccc1[N+](=O)[O-]. The highest BCUT2D eigenvalue weighted by atomic mass is 79.9. The first-order chi connectivity index (χ1) is 15.3. The number of benzene rings is 3. The molecular formula is C21H17BrN4O5S. The van der Waals surface area contributed by atoms with Gasteiger partial charge in [0.05, 0.1) is 27.3 Å². The Balaban J connectivity index is 1.83. The topological polar surface area (TPSA) is 122 Å². The van der Waals surface area contributed by atoms with Gasteiger partial charge in [-0.2, -0.15) is 5.10 Å². The van der Waals surface area contributed by atoms with Gasteiger partial charge in [0.1, 0.15) is 6.54 Å². The number of hydrazone groups is 1. The fourth-order valence-corrected chi connectivity index (χ4v) is 4.45. The lowest BCUT2D eigenvalue weighted by molar-refractivity contribution is -0.385. The van der Waals surface area contributed by atoms with Crippen molar-refractivity contribution in [2.24, 2.45) is 5.10 Å². The molecule has 0 aromatic heterocycles. The molecule has 11 heteroatoms. The molecular weight excluding hydrogens is 500 g/mol. The van der Waals surface area contributed by atoms with E-state index in [9.17, 15) is 23.3 Å². The van der Waals surface area contributed by atoms with Crippen LogP contribution in [0, 0.1) is 10.1 Å². The Kier molecular flexibility index (Phi) is 7.33. The first kappa shape index (κ1) is 23.1. The van der Waals surface area contributed by atoms with Crippen molar-refractivity contribution >= 4 is 49.4 Å². The van der Waals surface area contributed by atoms with E-state index >= 15 is 0 Å². The van der Waals surface area contributed by atoms with Crippen molar-refractivity contribution in [3.05, 3.63) is 99.0 Å². The molecule has 0 atom stereocenters. The van der Waals surface area contributed by atoms with Crippen LogP contribution in [0.2, 0.25) is 0 Å². The number of hydrogen-bond donors (Lipinski definition) is 1. The maximum absolute atomic E-state index is 13.2. The van der Waals surface area contributed by atoms with Crippen LogP contribution in [0.3, 0.4) is 0 Å². The van der Waals surface area contributed by atoms with Crippen molar-refractivity contribution in [3.63, 3.8) is 0 Å². The molecule has 0 saturated heterocycles. The van der Waals surface area contributed by atoms with Crippen molar-refractivity contribution in [1.29, 1.82) is 0 Å². The quantitative estimate of drug-likeness (QED) is 0.277. The number of nitro benzene ring substituents is 1. The second-order valence-corrected chi connectivity index (χ2v) is 9.19. The van der Waals surface area contributed by atoms with Crippen molar-refractivity contribution < 1.29 is 18.1 Å². The molecule has 164 valence electrons. The highest BCUT2D eigenvalue weighted by Gasteiger charge is 2.27. The number of hydrogen-bond acceptors (Lipinski definition) is 6. The fraction of sp³-hybridized carbons (Fsp3) is 0.0476. The summed E-state index contributed by atoms with van der Waals surface area (Å²) in [6.07, 6.45) is 1.13. The number of rotatable bonds is 8. The molecule has 3 rings (SSSR count). The number of nitro groups is 1. The van der Waals surface area contributed by atoms with Crippen molar-refractivity contribution in [2.45, 2.75) is 4.90 Å². The zero-order chi connectivity index (χ0) is 23.1. The molecule has 1 N–H and O–H groups in total. The van der Waals surface area contributed by atoms with Crippen molar-refractivity contribution in [2.75, 3.05) is 10.8 Å². The van der Waals surface area contributed by atoms with Crippen LogP contribution in [0.1, 0.15) is 5.56 Å². The van der Waals surface area contributed by atoms with Gasteiger partial charge in [0.2, 0.25) is 0 Å². The molecule has 0 aliphatic rings. The monoisotopic (exact) mass is 516 g/mol. The lowest BCUT2D eigenvalue weighted by atomic mass is 10.2. The Bertz CT molecular complexity index is 1250. The van der Waals surface area contributed by atoms with Gasteiger partial charge in [-0.25, -0.2) is 13.8 Å². The van der Waals surface area contributed by atoms with Gasteiger partial charge in [-0.1, -0.05) is 46.3 Å². The van der Waals surface area contributed by atoms with E-state index in [1.807, 2.05) is 0 Å². The Morgan fingerprint density at radius 2 is 1.66 bits per heavy atom. The molecule has 0 spiro atoms. The number of amides is 1. The number of halogens is 1. The summed E-state index contributed by atoms with van der Waals surface area (Å²) in [4.78, 5) is 23.0. The van der Waals surface area contributed by atoms with Crippen LogP contribution < -0.4 is 9.73 Å². The maximum Gasteiger partial charge on any atom is 0.278 e. The summed E-state index contributed by atoms with van der Waals surface area (Å²) >= 11 is 3.30. The Morgan fingerprint density at radius 1 is 1.03 bits per heavy atom. The molecule has 3 aromatic carbocycles. The van der Waals surface area contributed by atoms with Crippen LogP contribution in [-0.4, -0.2) is 32.0 Å². The lowest BCUT2D eigenvalue weighted by Gasteiger charge is -2.23. The molecule has 0 aliphatic carbocycles. The van der Waals surface area contributed by atoms with Gasteiger partial charge >= 0.3 is 0 Å². The van der Waals surface area contributed by atoms with E-state index in [1.54, 1.807) is 48.5 Å². The van der Waals surface area contributed by atoms with Gasteiger partial charge in [-0.3, -0.25) is 19.2 Å². The van der Waals surface area contributed by atoms with Crippen LogP contribution in [-0.2, 0) is 14.8 Å². The lowest BCUT2D eigenvalue weighted by Crippen LogP contribution is -2.39. The summed E-state index contributed by atoms with van der Waals surface area (Å²) in [5.74, 6) is -0.720. The molecule has 9 nitrogen and oxygen atoms in total. The average molecular weight is 517 g/mol. The summed E-state index contributed by atoms with van der Waals surface area (Å²) in [5.41, 5.74) is 2.53. The van der Waals surface area contributed by atoms with Gasteiger partial charge < -0.3 is 0 Å². The third-order valence-corrected chi connectivity index (χ3v) is 6.58. The van der Waals surface area contributed by atoms with Gasteiger partial charge in [0.25, 0.3) is 21.6 Å². The molecule has 1 amide bonds. The van der Waals surface area contributed by atoms with Gasteiger partial charge in [-0.05, 0) is 42.5 Å². The molecule has 0 aliphatic heterocycles. The Hall–Kier alpha value is -3.57. The zero-order valence-electron chi connectivity index (χ0n) is 16.5. The third-order valence-electron chi connectivity index (χ3n) is 4.26. The summed E-state index contributed by atoms with van der Waals surface area (Å²) in [6, 6.07) is 20.1. The van der Waals surface area contributed by atoms with E-state index in [-0.39, 0.29) is 21.8 Å². The predicted octanol–water partition coefficient (Wildman–Crippen LogP) is 3.70. The number of nitrogens with zero attached hydrogens (tertiary/aromatic N) is 3. The molecule has 0 bridgehead atoms. The number of para-hydroxylation sites is 1. The highest BCUT2D eigenvalue weighted by Crippen LogP contribution is 2.25. The summed E-state index contributed by atoms with van der Waals surface area (Å²) < 4.78 is 28.1. The number of sulfonamides is 1. The van der Waals surface area contributed by atoms with E-state index < -0.39 is 27.4 Å². The average Bonchev–Trinajstić information content (AvgIpc) is 2.79. The fourth-order valence-electron chi connectivity index (χ4n) is 2.74.